The third-order valence-corrected chi connectivity index (χ3v) is 6.04. The Labute approximate surface area is 164 Å². The quantitative estimate of drug-likeness (QED) is 0.669. The van der Waals surface area contributed by atoms with Crippen molar-refractivity contribution >= 4 is 32.2 Å². The van der Waals surface area contributed by atoms with Crippen molar-refractivity contribution in [2.75, 3.05) is 13.4 Å². The van der Waals surface area contributed by atoms with E-state index in [2.05, 4.69) is 0 Å². The molecule has 0 saturated heterocycles. The maximum absolute atomic E-state index is 14.5. The minimum atomic E-state index is -3.63. The zero-order chi connectivity index (χ0) is 20.5. The first-order valence-electron chi connectivity index (χ1n) is 8.81. The zero-order valence-corrected chi connectivity index (χ0v) is 16.8. The molecule has 1 aliphatic carbocycles. The molecular formula is C22H21FO4S. The molecule has 0 saturated carbocycles. The van der Waals surface area contributed by atoms with Crippen LogP contribution in [-0.4, -0.2) is 28.1 Å². The summed E-state index contributed by atoms with van der Waals surface area (Å²) in [5.74, 6) is -0.485. The summed E-state index contributed by atoms with van der Waals surface area (Å²) < 4.78 is 45.1. The molecule has 0 radical (unpaired) electrons. The minimum absolute atomic E-state index is 0.0806. The van der Waals surface area contributed by atoms with E-state index < -0.39 is 15.7 Å². The Morgan fingerprint density at radius 1 is 1.14 bits per heavy atom. The molecule has 1 aliphatic rings. The van der Waals surface area contributed by atoms with Crippen molar-refractivity contribution in [2.24, 2.45) is 0 Å². The number of rotatable bonds is 6. The summed E-state index contributed by atoms with van der Waals surface area (Å²) in [6, 6.07) is 11.7. The third-order valence-electron chi connectivity index (χ3n) is 4.86. The summed E-state index contributed by atoms with van der Waals surface area (Å²) in [5.41, 5.74) is 3.77. The Balaban J connectivity index is 2.42. The van der Waals surface area contributed by atoms with Crippen LogP contribution in [0.4, 0.5) is 4.39 Å². The summed E-state index contributed by atoms with van der Waals surface area (Å²) in [4.78, 5) is 11.1. The molecule has 0 amide bonds. The van der Waals surface area contributed by atoms with Gasteiger partial charge in [0.2, 0.25) is 0 Å². The van der Waals surface area contributed by atoms with Gasteiger partial charge in [-0.2, -0.15) is 0 Å². The Kier molecular flexibility index (Phi) is 5.52. The highest BCUT2D eigenvalue weighted by Crippen LogP contribution is 2.49. The molecule has 0 aromatic heterocycles. The smallest absolute Gasteiger partial charge is 0.176 e. The second kappa shape index (κ2) is 7.72. The fraction of sp³-hybridized carbons (Fsp3) is 0.227. The van der Waals surface area contributed by atoms with Gasteiger partial charge in [-0.3, -0.25) is 0 Å². The number of ether oxygens (including phenoxy) is 1. The van der Waals surface area contributed by atoms with Crippen molar-refractivity contribution in [1.82, 2.24) is 0 Å². The maximum atomic E-state index is 14.5. The largest absolute Gasteiger partial charge is 0.494 e. The molecule has 4 nitrogen and oxygen atoms in total. The average molecular weight is 400 g/mol. The van der Waals surface area contributed by atoms with E-state index in [1.807, 2.05) is 6.92 Å². The molecule has 0 aliphatic heterocycles. The summed E-state index contributed by atoms with van der Waals surface area (Å²) in [5, 5.41) is 0. The van der Waals surface area contributed by atoms with Crippen LogP contribution in [0, 0.1) is 5.82 Å². The molecule has 2 aromatic carbocycles. The number of sulfone groups is 1. The van der Waals surface area contributed by atoms with Gasteiger partial charge in [0, 0.05) is 18.2 Å². The number of carbonyl (C=O) groups is 1. The van der Waals surface area contributed by atoms with Crippen molar-refractivity contribution in [3.63, 3.8) is 0 Å². The average Bonchev–Trinajstić information content (AvgIpc) is 2.90. The summed E-state index contributed by atoms with van der Waals surface area (Å²) in [6.07, 6.45) is 2.70. The lowest BCUT2D eigenvalue weighted by Crippen LogP contribution is -2.04. The van der Waals surface area contributed by atoms with E-state index in [9.17, 15) is 17.6 Å². The fourth-order valence-electron chi connectivity index (χ4n) is 3.67. The van der Waals surface area contributed by atoms with Gasteiger partial charge in [-0.1, -0.05) is 30.3 Å². The molecule has 146 valence electrons. The highest BCUT2D eigenvalue weighted by atomic mass is 32.2. The Morgan fingerprint density at radius 2 is 1.82 bits per heavy atom. The predicted molar refractivity (Wildman–Crippen MR) is 109 cm³/mol. The van der Waals surface area contributed by atoms with Gasteiger partial charge in [0.1, 0.15) is 6.29 Å². The molecule has 28 heavy (non-hydrogen) atoms. The molecule has 0 spiro atoms. The Bertz CT molecular complexity index is 1100. The number of benzene rings is 2. The van der Waals surface area contributed by atoms with Crippen molar-refractivity contribution in [3.8, 4) is 5.75 Å². The number of allylic oxidation sites excluding steroid dienone is 3. The van der Waals surface area contributed by atoms with Crippen LogP contribution in [-0.2, 0) is 14.6 Å². The Morgan fingerprint density at radius 3 is 2.39 bits per heavy atom. The van der Waals surface area contributed by atoms with Crippen molar-refractivity contribution < 1.29 is 22.3 Å². The van der Waals surface area contributed by atoms with Gasteiger partial charge in [0.05, 0.1) is 12.0 Å². The number of methoxy groups -OCH3 is 1. The normalized spacial score (nSPS) is 15.4. The van der Waals surface area contributed by atoms with Crippen LogP contribution in [0.1, 0.15) is 36.5 Å². The molecule has 0 N–H and O–H groups in total. The number of hydrogen-bond acceptors (Lipinski definition) is 4. The first-order valence-corrected chi connectivity index (χ1v) is 10.7. The van der Waals surface area contributed by atoms with Crippen LogP contribution in [0.25, 0.3) is 16.1 Å². The molecule has 0 heterocycles. The number of halogens is 1. The van der Waals surface area contributed by atoms with Gasteiger partial charge in [-0.15, -0.1) is 0 Å². The number of hydrogen-bond donors (Lipinski definition) is 0. The van der Waals surface area contributed by atoms with Gasteiger partial charge in [0.25, 0.3) is 0 Å². The molecule has 0 fully saturated rings. The Hall–Kier alpha value is -2.73. The lowest BCUT2D eigenvalue weighted by molar-refractivity contribution is -0.107. The fourth-order valence-corrected chi connectivity index (χ4v) is 4.87. The second-order valence-corrected chi connectivity index (χ2v) is 8.64. The third kappa shape index (κ3) is 3.52. The highest BCUT2D eigenvalue weighted by Gasteiger charge is 2.31. The topological polar surface area (TPSA) is 60.4 Å². The number of carbonyl (C=O) groups excluding carboxylic acids is 1. The van der Waals surface area contributed by atoms with Gasteiger partial charge < -0.3 is 9.53 Å². The van der Waals surface area contributed by atoms with E-state index in [1.54, 1.807) is 36.4 Å². The van der Waals surface area contributed by atoms with E-state index >= 15 is 0 Å². The molecule has 3 rings (SSSR count). The molecule has 0 atom stereocenters. The molecule has 0 bridgehead atoms. The van der Waals surface area contributed by atoms with E-state index in [0.29, 0.717) is 35.1 Å². The zero-order valence-electron chi connectivity index (χ0n) is 16.0. The summed E-state index contributed by atoms with van der Waals surface area (Å²) in [6.45, 7) is 1.81. The molecular weight excluding hydrogens is 379 g/mol. The summed E-state index contributed by atoms with van der Waals surface area (Å²) >= 11 is 0. The van der Waals surface area contributed by atoms with E-state index in [1.165, 1.54) is 13.2 Å². The van der Waals surface area contributed by atoms with Crippen LogP contribution in [0.2, 0.25) is 0 Å². The van der Waals surface area contributed by atoms with Crippen LogP contribution in [0.15, 0.2) is 48.0 Å². The van der Waals surface area contributed by atoms with Gasteiger partial charge in [-0.25, -0.2) is 12.8 Å². The van der Waals surface area contributed by atoms with Gasteiger partial charge in [0.15, 0.2) is 21.4 Å². The van der Waals surface area contributed by atoms with Gasteiger partial charge in [-0.05, 0) is 53.3 Å². The second-order valence-electron chi connectivity index (χ2n) is 6.68. The first-order chi connectivity index (χ1) is 13.3. The van der Waals surface area contributed by atoms with Gasteiger partial charge >= 0.3 is 0 Å². The predicted octanol–water partition coefficient (Wildman–Crippen LogP) is 4.51. The van der Waals surface area contributed by atoms with Crippen LogP contribution < -0.4 is 4.74 Å². The molecule has 2 aromatic rings. The monoisotopic (exact) mass is 400 g/mol. The lowest BCUT2D eigenvalue weighted by atomic mass is 9.99. The van der Waals surface area contributed by atoms with Crippen LogP contribution >= 0.6 is 0 Å². The molecule has 0 unspecified atom stereocenters. The van der Waals surface area contributed by atoms with Crippen molar-refractivity contribution in [1.29, 1.82) is 0 Å². The van der Waals surface area contributed by atoms with E-state index in [4.69, 9.17) is 4.74 Å². The first kappa shape index (κ1) is 20.0. The van der Waals surface area contributed by atoms with E-state index in [-0.39, 0.29) is 10.7 Å². The SMILES string of the molecule is COc1cc2c(cc1F)C(=C(c1ccccc1)S(C)(=O)=O)C(C)=C2CCC=O. The standard InChI is InChI=1S/C22H21FO4S/c1-14-16(10-7-11-24)17-13-20(27-2)19(23)12-18(17)21(14)22(28(3,25)26)15-8-5-4-6-9-15/h4-6,8-9,11-13H,7,10H2,1-3H3. The maximum Gasteiger partial charge on any atom is 0.176 e. The lowest BCUT2D eigenvalue weighted by Gasteiger charge is -2.14. The van der Waals surface area contributed by atoms with Crippen LogP contribution in [0.5, 0.6) is 5.75 Å². The van der Waals surface area contributed by atoms with Crippen molar-refractivity contribution in [2.45, 2.75) is 19.8 Å². The highest BCUT2D eigenvalue weighted by molar-refractivity contribution is 8.00. The minimum Gasteiger partial charge on any atom is -0.494 e. The number of aldehydes is 1. The van der Waals surface area contributed by atoms with E-state index in [0.717, 1.165) is 23.7 Å². The van der Waals surface area contributed by atoms with Crippen molar-refractivity contribution in [3.05, 3.63) is 70.5 Å². The molecule has 6 heteroatoms. The number of fused-ring (bicyclic) bond motifs is 1. The summed E-state index contributed by atoms with van der Waals surface area (Å²) in [7, 11) is -2.25. The van der Waals surface area contributed by atoms with Crippen LogP contribution in [0.3, 0.4) is 0 Å².